The van der Waals surface area contributed by atoms with Crippen LogP contribution in [0.2, 0.25) is 0 Å². The number of rotatable bonds is 8. The van der Waals surface area contributed by atoms with Crippen LogP contribution < -0.4 is 0 Å². The predicted molar refractivity (Wildman–Crippen MR) is 139 cm³/mol. The maximum absolute atomic E-state index is 11.4. The van der Waals surface area contributed by atoms with Crippen LogP contribution in [0.3, 0.4) is 0 Å². The number of hydrogen-bond acceptors (Lipinski definition) is 16. The third-order valence-electron chi connectivity index (χ3n) is 3.12. The van der Waals surface area contributed by atoms with E-state index < -0.39 is 124 Å². The summed E-state index contributed by atoms with van der Waals surface area (Å²) in [6.07, 6.45) is 0. The van der Waals surface area contributed by atoms with Crippen LogP contribution in [0.4, 0.5) is 105 Å². The molecule has 0 N–H and O–H groups in total. The molecule has 0 rings (SSSR count). The molecule has 20 nitrogen and oxygen atoms in total. The molecule has 0 atom stereocenters. The van der Waals surface area contributed by atoms with Crippen molar-refractivity contribution in [3.05, 3.63) is 16.5 Å². The standard InChI is InChI=1S/4C2F6NO4S2.Sn/c4*3-1(4,5)14(10,11)9-15(12,13)2(6,7)8;/q4*-1;+4. The van der Waals surface area contributed by atoms with Gasteiger partial charge in [0.15, 0.2) is 80.2 Å². The minimum Gasteiger partial charge on any atom is -0.421 e. The van der Waals surface area contributed by atoms with E-state index in [9.17, 15) is 173 Å². The maximum Gasteiger partial charge on any atom is 4.00 e. The van der Waals surface area contributed by atoms with Crippen LogP contribution in [0.1, 0.15) is 0 Å². The molecule has 53 heteroatoms. The van der Waals surface area contributed by atoms with Crippen molar-refractivity contribution >= 4 is 104 Å². The zero-order chi connectivity index (χ0) is 50.8. The summed E-state index contributed by atoms with van der Waals surface area (Å²) in [6, 6.07) is 0. The Kier molecular flexibility index (Phi) is 22.5. The van der Waals surface area contributed by atoms with Gasteiger partial charge in [0.1, 0.15) is 0 Å². The first-order valence-corrected chi connectivity index (χ1v) is 21.8. The van der Waals surface area contributed by atoms with E-state index in [0.29, 0.717) is 0 Å². The number of nitrogens with zero attached hydrogens (tertiary/aromatic N) is 4. The van der Waals surface area contributed by atoms with Gasteiger partial charge in [-0.05, 0) is 0 Å². The Hall–Kier alpha value is -1.44. The molecule has 0 saturated heterocycles. The Morgan fingerprint density at radius 1 is 0.180 bits per heavy atom. The van der Waals surface area contributed by atoms with Gasteiger partial charge in [0.25, 0.3) is 0 Å². The molecule has 0 bridgehead atoms. The Labute approximate surface area is 336 Å². The van der Waals surface area contributed by atoms with Gasteiger partial charge in [-0.25, -0.2) is 67.3 Å². The van der Waals surface area contributed by atoms with Crippen molar-refractivity contribution in [2.45, 2.75) is 44.1 Å². The maximum atomic E-state index is 11.4. The molecule has 0 aliphatic heterocycles. The molecular weight excluding hydrogens is 1240 g/mol. The topological polar surface area (TPSA) is 330 Å². The third-order valence-corrected chi connectivity index (χ3v) is 14.1. The molecule has 0 unspecified atom stereocenters. The average molecular weight is 1240 g/mol. The Morgan fingerprint density at radius 3 is 0.262 bits per heavy atom. The third kappa shape index (κ3) is 21.0. The molecule has 0 fully saturated rings. The first kappa shape index (κ1) is 68.6. The van der Waals surface area contributed by atoms with Crippen LogP contribution in [0.5, 0.6) is 0 Å². The quantitative estimate of drug-likeness (QED) is 0.246. The summed E-state index contributed by atoms with van der Waals surface area (Å²) in [5, 5.41) is 0. The molecule has 0 amide bonds. The minimum absolute atomic E-state index is 0. The molecule has 61 heavy (non-hydrogen) atoms. The van der Waals surface area contributed by atoms with E-state index in [2.05, 4.69) is 0 Å². The van der Waals surface area contributed by atoms with Gasteiger partial charge in [0.05, 0.1) is 0 Å². The second-order valence-corrected chi connectivity index (χ2v) is 21.4. The van der Waals surface area contributed by atoms with E-state index >= 15 is 0 Å². The fraction of sp³-hybridized carbons (Fsp3) is 1.00. The van der Waals surface area contributed by atoms with Crippen LogP contribution in [-0.2, 0) is 80.2 Å². The van der Waals surface area contributed by atoms with Gasteiger partial charge in [-0.15, -0.1) is 0 Å². The fourth-order valence-corrected chi connectivity index (χ4v) is 7.69. The van der Waals surface area contributed by atoms with Crippen LogP contribution in [0.15, 0.2) is 0 Å². The minimum atomic E-state index is -6.72. The van der Waals surface area contributed by atoms with Crippen LogP contribution >= 0.6 is 0 Å². The van der Waals surface area contributed by atoms with Gasteiger partial charge in [-0.1, -0.05) is 0 Å². The molecule has 0 heterocycles. The van der Waals surface area contributed by atoms with Gasteiger partial charge < -0.3 is 16.5 Å². The molecule has 0 spiro atoms. The summed E-state index contributed by atoms with van der Waals surface area (Å²) in [6.45, 7) is 0. The van der Waals surface area contributed by atoms with Gasteiger partial charge in [-0.2, -0.15) is 105 Å². The number of alkyl halides is 24. The molecule has 0 aromatic heterocycles. The number of halogens is 24. The molecule has 0 aliphatic rings. The van der Waals surface area contributed by atoms with Gasteiger partial charge in [-0.3, -0.25) is 0 Å². The van der Waals surface area contributed by atoms with Gasteiger partial charge in [0, 0.05) is 0 Å². The van der Waals surface area contributed by atoms with Crippen molar-refractivity contribution < 1.29 is 173 Å². The van der Waals surface area contributed by atoms with E-state index in [4.69, 9.17) is 0 Å². The van der Waals surface area contributed by atoms with E-state index in [0.717, 1.165) is 16.5 Å². The SMILES string of the molecule is O=S(=O)([N-]S(=O)(=O)C(F)(F)F)C(F)(F)F.O=S(=O)([N-]S(=O)(=O)C(F)(F)F)C(F)(F)F.O=S(=O)([N-]S(=O)(=O)C(F)(F)F)C(F)(F)F.O=S(=O)([N-]S(=O)(=O)C(F)(F)F)C(F)(F)F.[Sn+4]. The molecule has 0 aromatic carbocycles. The van der Waals surface area contributed by atoms with Gasteiger partial charge >= 0.3 is 68.0 Å². The van der Waals surface area contributed by atoms with Crippen molar-refractivity contribution in [2.24, 2.45) is 0 Å². The van der Waals surface area contributed by atoms with E-state index in [1.165, 1.54) is 0 Å². The summed E-state index contributed by atoms with van der Waals surface area (Å²) in [4.78, 5) is 0. The van der Waals surface area contributed by atoms with E-state index in [1.807, 2.05) is 0 Å². The predicted octanol–water partition coefficient (Wildman–Crippen LogP) is 3.86. The molecule has 0 aliphatic carbocycles. The normalized spacial score (nSPS) is 15.1. The molecule has 0 aromatic rings. The summed E-state index contributed by atoms with van der Waals surface area (Å²) in [5.41, 5.74) is -49.6. The zero-order valence-corrected chi connectivity index (χ0v) is 34.5. The average Bonchev–Trinajstić information content (AvgIpc) is 2.82. The Bertz CT molecular complexity index is 1890. The van der Waals surface area contributed by atoms with Crippen LogP contribution in [0.25, 0.3) is 16.5 Å². The molecule has 0 radical (unpaired) electrons. The van der Waals surface area contributed by atoms with Crippen molar-refractivity contribution in [3.63, 3.8) is 0 Å². The summed E-state index contributed by atoms with van der Waals surface area (Å²) < 4.78 is 437. The van der Waals surface area contributed by atoms with Crippen LogP contribution in [0, 0.1) is 0 Å². The second kappa shape index (κ2) is 20.0. The van der Waals surface area contributed by atoms with Crippen molar-refractivity contribution in [3.8, 4) is 0 Å². The Balaban J connectivity index is -0.000000227. The van der Waals surface area contributed by atoms with Crippen molar-refractivity contribution in [1.29, 1.82) is 0 Å². The summed E-state index contributed by atoms with van der Waals surface area (Å²) in [7, 11) is -53.8. The summed E-state index contributed by atoms with van der Waals surface area (Å²) >= 11 is 0. The zero-order valence-electron chi connectivity index (χ0n) is 25.2. The largest absolute Gasteiger partial charge is 4.00 e. The van der Waals surface area contributed by atoms with Crippen molar-refractivity contribution in [1.82, 2.24) is 0 Å². The monoisotopic (exact) mass is 1240 g/mol. The Morgan fingerprint density at radius 2 is 0.230 bits per heavy atom. The van der Waals surface area contributed by atoms with Crippen molar-refractivity contribution in [2.75, 3.05) is 0 Å². The van der Waals surface area contributed by atoms with Crippen LogP contribution in [-0.4, -0.2) is 135 Å². The molecule has 0 saturated carbocycles. The number of sulfonamides is 8. The van der Waals surface area contributed by atoms with E-state index in [1.54, 1.807) is 0 Å². The first-order valence-electron chi connectivity index (χ1n) is 10.3. The molecule has 368 valence electrons. The van der Waals surface area contributed by atoms with Gasteiger partial charge in [0.2, 0.25) is 0 Å². The first-order chi connectivity index (χ1) is 24.8. The molecular formula is C8F24N4O16S8Sn. The summed E-state index contributed by atoms with van der Waals surface area (Å²) in [5.74, 6) is 0. The van der Waals surface area contributed by atoms with E-state index in [-0.39, 0.29) is 23.9 Å². The fourth-order valence-electron chi connectivity index (χ4n) is 0.855. The second-order valence-electron chi connectivity index (χ2n) is 7.66. The smallest absolute Gasteiger partial charge is 0.421 e. The number of hydrogen-bond donors (Lipinski definition) is 0.